The van der Waals surface area contributed by atoms with Crippen molar-refractivity contribution >= 4 is 5.91 Å². The first-order chi connectivity index (χ1) is 9.81. The van der Waals surface area contributed by atoms with Crippen LogP contribution in [0.1, 0.15) is 43.8 Å². The number of carbonyl (C=O) groups is 1. The van der Waals surface area contributed by atoms with Crippen LogP contribution >= 0.6 is 0 Å². The molecule has 21 heavy (non-hydrogen) atoms. The SMILES string of the molecule is Cc1nc(C)c(CCC(=O)NCCC(O)C(C)C)c(=O)[nH]1. The lowest BCUT2D eigenvalue weighted by Gasteiger charge is -2.14. The van der Waals surface area contributed by atoms with Crippen molar-refractivity contribution in [3.8, 4) is 0 Å². The Balaban J connectivity index is 2.42. The van der Waals surface area contributed by atoms with E-state index in [0.717, 1.165) is 0 Å². The molecular weight excluding hydrogens is 270 g/mol. The van der Waals surface area contributed by atoms with E-state index in [0.29, 0.717) is 36.5 Å². The van der Waals surface area contributed by atoms with Crippen molar-refractivity contribution in [2.45, 2.75) is 53.1 Å². The highest BCUT2D eigenvalue weighted by Gasteiger charge is 2.11. The van der Waals surface area contributed by atoms with Gasteiger partial charge in [-0.3, -0.25) is 9.59 Å². The second-order valence-electron chi connectivity index (χ2n) is 5.67. The molecule has 1 aromatic rings. The molecule has 6 nitrogen and oxygen atoms in total. The van der Waals surface area contributed by atoms with E-state index in [1.807, 2.05) is 13.8 Å². The van der Waals surface area contributed by atoms with Gasteiger partial charge < -0.3 is 15.4 Å². The third-order valence-corrected chi connectivity index (χ3v) is 3.47. The minimum Gasteiger partial charge on any atom is -0.393 e. The summed E-state index contributed by atoms with van der Waals surface area (Å²) in [6, 6.07) is 0. The van der Waals surface area contributed by atoms with Gasteiger partial charge in [-0.25, -0.2) is 4.98 Å². The Bertz CT molecular complexity index is 537. The molecule has 0 aromatic carbocycles. The molecule has 1 amide bonds. The van der Waals surface area contributed by atoms with Crippen molar-refractivity contribution in [2.75, 3.05) is 6.54 Å². The number of aromatic amines is 1. The van der Waals surface area contributed by atoms with Crippen molar-refractivity contribution in [3.05, 3.63) is 27.4 Å². The first kappa shape index (κ1) is 17.4. The van der Waals surface area contributed by atoms with Crippen LogP contribution < -0.4 is 10.9 Å². The third-order valence-electron chi connectivity index (χ3n) is 3.47. The monoisotopic (exact) mass is 295 g/mol. The molecule has 0 bridgehead atoms. The van der Waals surface area contributed by atoms with Crippen molar-refractivity contribution in [2.24, 2.45) is 5.92 Å². The van der Waals surface area contributed by atoms with Crippen LogP contribution in [-0.2, 0) is 11.2 Å². The number of carbonyl (C=O) groups excluding carboxylic acids is 1. The number of amides is 1. The molecular formula is C15H25N3O3. The van der Waals surface area contributed by atoms with E-state index in [-0.39, 0.29) is 23.8 Å². The molecule has 0 aliphatic carbocycles. The van der Waals surface area contributed by atoms with Gasteiger partial charge in [0.05, 0.1) is 6.10 Å². The summed E-state index contributed by atoms with van der Waals surface area (Å²) in [6.07, 6.45) is 0.742. The van der Waals surface area contributed by atoms with Gasteiger partial charge in [-0.05, 0) is 32.6 Å². The topological polar surface area (TPSA) is 95.1 Å². The second kappa shape index (κ2) is 7.93. The maximum Gasteiger partial charge on any atom is 0.254 e. The van der Waals surface area contributed by atoms with E-state index >= 15 is 0 Å². The van der Waals surface area contributed by atoms with Gasteiger partial charge in [0.15, 0.2) is 0 Å². The van der Waals surface area contributed by atoms with E-state index in [1.165, 1.54) is 0 Å². The number of rotatable bonds is 7. The number of nitrogens with zero attached hydrogens (tertiary/aromatic N) is 1. The number of aliphatic hydroxyl groups is 1. The molecule has 0 aliphatic rings. The quantitative estimate of drug-likeness (QED) is 0.694. The van der Waals surface area contributed by atoms with E-state index in [2.05, 4.69) is 15.3 Å². The van der Waals surface area contributed by atoms with Gasteiger partial charge in [0, 0.05) is 24.2 Å². The number of nitrogens with one attached hydrogen (secondary N) is 2. The number of hydrogen-bond acceptors (Lipinski definition) is 4. The average Bonchev–Trinajstić information content (AvgIpc) is 2.37. The summed E-state index contributed by atoms with van der Waals surface area (Å²) >= 11 is 0. The van der Waals surface area contributed by atoms with Gasteiger partial charge in [-0.1, -0.05) is 13.8 Å². The Morgan fingerprint density at radius 1 is 1.38 bits per heavy atom. The fourth-order valence-electron chi connectivity index (χ4n) is 2.07. The summed E-state index contributed by atoms with van der Waals surface area (Å²) in [5.41, 5.74) is 1.04. The molecule has 1 atom stereocenters. The highest BCUT2D eigenvalue weighted by molar-refractivity contribution is 5.76. The summed E-state index contributed by atoms with van der Waals surface area (Å²) < 4.78 is 0. The Hall–Kier alpha value is -1.69. The molecule has 0 saturated heterocycles. The highest BCUT2D eigenvalue weighted by Crippen LogP contribution is 2.05. The van der Waals surface area contributed by atoms with E-state index < -0.39 is 6.10 Å². The summed E-state index contributed by atoms with van der Waals surface area (Å²) in [6.45, 7) is 7.82. The first-order valence-electron chi connectivity index (χ1n) is 7.32. The Morgan fingerprint density at radius 3 is 2.62 bits per heavy atom. The number of aromatic nitrogens is 2. The highest BCUT2D eigenvalue weighted by atomic mass is 16.3. The Morgan fingerprint density at radius 2 is 2.05 bits per heavy atom. The average molecular weight is 295 g/mol. The summed E-state index contributed by atoms with van der Waals surface area (Å²) in [7, 11) is 0. The smallest absolute Gasteiger partial charge is 0.254 e. The van der Waals surface area contributed by atoms with Crippen LogP contribution in [0.15, 0.2) is 4.79 Å². The van der Waals surface area contributed by atoms with Crippen LogP contribution in [0, 0.1) is 19.8 Å². The number of hydrogen-bond donors (Lipinski definition) is 3. The molecule has 0 saturated carbocycles. The summed E-state index contributed by atoms with van der Waals surface area (Å²) in [4.78, 5) is 30.4. The molecule has 1 unspecified atom stereocenters. The van der Waals surface area contributed by atoms with Gasteiger partial charge in [0.2, 0.25) is 5.91 Å². The molecule has 6 heteroatoms. The number of aryl methyl sites for hydroxylation is 2. The minimum absolute atomic E-state index is 0.120. The predicted molar refractivity (Wildman–Crippen MR) is 81.1 cm³/mol. The molecule has 3 N–H and O–H groups in total. The molecule has 0 fully saturated rings. The van der Waals surface area contributed by atoms with Crippen LogP contribution in [0.25, 0.3) is 0 Å². The minimum atomic E-state index is -0.406. The first-order valence-corrected chi connectivity index (χ1v) is 7.32. The molecule has 1 rings (SSSR count). The van der Waals surface area contributed by atoms with Crippen molar-refractivity contribution in [1.29, 1.82) is 0 Å². The standard InChI is InChI=1S/C15H25N3O3/c1-9(2)13(19)7-8-16-14(20)6-5-12-10(3)17-11(4)18-15(12)21/h9,13,19H,5-8H2,1-4H3,(H,16,20)(H,17,18,21). The lowest BCUT2D eigenvalue weighted by Crippen LogP contribution is -2.29. The molecule has 0 radical (unpaired) electrons. The second-order valence-corrected chi connectivity index (χ2v) is 5.67. The van der Waals surface area contributed by atoms with Crippen LogP contribution in [0.4, 0.5) is 0 Å². The molecule has 1 heterocycles. The van der Waals surface area contributed by atoms with Gasteiger partial charge in [-0.2, -0.15) is 0 Å². The Labute approximate surface area is 125 Å². The van der Waals surface area contributed by atoms with Gasteiger partial charge in [0.25, 0.3) is 5.56 Å². The van der Waals surface area contributed by atoms with E-state index in [1.54, 1.807) is 13.8 Å². The van der Waals surface area contributed by atoms with Crippen molar-refractivity contribution in [3.63, 3.8) is 0 Å². The fraction of sp³-hybridized carbons (Fsp3) is 0.667. The third kappa shape index (κ3) is 5.67. The zero-order valence-corrected chi connectivity index (χ0v) is 13.2. The predicted octanol–water partition coefficient (Wildman–Crippen LogP) is 0.843. The van der Waals surface area contributed by atoms with Crippen LogP contribution in [0.3, 0.4) is 0 Å². The van der Waals surface area contributed by atoms with Crippen LogP contribution in [0.2, 0.25) is 0 Å². The summed E-state index contributed by atoms with van der Waals surface area (Å²) in [5, 5.41) is 12.4. The van der Waals surface area contributed by atoms with E-state index in [9.17, 15) is 14.7 Å². The lowest BCUT2D eigenvalue weighted by molar-refractivity contribution is -0.121. The number of aliphatic hydroxyl groups excluding tert-OH is 1. The largest absolute Gasteiger partial charge is 0.393 e. The fourth-order valence-corrected chi connectivity index (χ4v) is 2.07. The van der Waals surface area contributed by atoms with E-state index in [4.69, 9.17) is 0 Å². The number of H-pyrrole nitrogens is 1. The molecule has 0 spiro atoms. The Kier molecular flexibility index (Phi) is 6.55. The van der Waals surface area contributed by atoms with Crippen molar-refractivity contribution < 1.29 is 9.90 Å². The maximum atomic E-state index is 11.8. The maximum absolute atomic E-state index is 11.8. The zero-order chi connectivity index (χ0) is 16.0. The van der Waals surface area contributed by atoms with Gasteiger partial charge >= 0.3 is 0 Å². The molecule has 0 aliphatic heterocycles. The van der Waals surface area contributed by atoms with Crippen molar-refractivity contribution in [1.82, 2.24) is 15.3 Å². The van der Waals surface area contributed by atoms with Crippen LogP contribution in [0.5, 0.6) is 0 Å². The normalized spacial score (nSPS) is 12.5. The zero-order valence-electron chi connectivity index (χ0n) is 13.2. The van der Waals surface area contributed by atoms with Gasteiger partial charge in [0.1, 0.15) is 5.82 Å². The molecule has 118 valence electrons. The van der Waals surface area contributed by atoms with Crippen LogP contribution in [-0.4, -0.2) is 33.6 Å². The molecule has 1 aromatic heterocycles. The lowest BCUT2D eigenvalue weighted by atomic mass is 10.0. The summed E-state index contributed by atoms with van der Waals surface area (Å²) in [5.74, 6) is 0.639. The van der Waals surface area contributed by atoms with Gasteiger partial charge in [-0.15, -0.1) is 0 Å².